The van der Waals surface area contributed by atoms with Gasteiger partial charge in [0.2, 0.25) is 0 Å². The minimum Gasteiger partial charge on any atom is -0.481 e. The van der Waals surface area contributed by atoms with Crippen molar-refractivity contribution in [1.29, 1.82) is 0 Å². The van der Waals surface area contributed by atoms with E-state index in [1.54, 1.807) is 45.1 Å². The predicted molar refractivity (Wildman–Crippen MR) is 259 cm³/mol. The summed E-state index contributed by atoms with van der Waals surface area (Å²) >= 11 is 0. The molecule has 0 spiro atoms. The SMILES string of the molecule is C=C(/C=C/C=C1/N(CCCCCC(=O)O)c2ccc3c(S(=O)(=O)O)cc(S(=O)(=O)O)cc3c2C1(C)CCOCCOC)C(C)(CCCS(=O)(=O)O)c1c(C)ccc2c(S(=O)(=O)O)cc(S(=O)(=O)O)cc12. The molecule has 0 amide bonds. The summed E-state index contributed by atoms with van der Waals surface area (Å²) in [5, 5.41) is 9.04. The lowest BCUT2D eigenvalue weighted by atomic mass is 9.70. The Kier molecular flexibility index (Phi) is 17.1. The second kappa shape index (κ2) is 21.2. The lowest BCUT2D eigenvalue weighted by Gasteiger charge is -2.34. The summed E-state index contributed by atoms with van der Waals surface area (Å²) < 4.78 is 187. The Morgan fingerprint density at radius 3 is 1.86 bits per heavy atom. The number of nitrogens with zero attached hydrogens (tertiary/aromatic N) is 1. The van der Waals surface area contributed by atoms with Gasteiger partial charge in [0.05, 0.1) is 28.8 Å². The number of carbonyl (C=O) groups is 1. The van der Waals surface area contributed by atoms with Crippen LogP contribution in [0.1, 0.15) is 75.5 Å². The first kappa shape index (κ1) is 56.3. The van der Waals surface area contributed by atoms with Crippen molar-refractivity contribution in [1.82, 2.24) is 0 Å². The molecule has 70 heavy (non-hydrogen) atoms. The van der Waals surface area contributed by atoms with Gasteiger partial charge in [-0.2, -0.15) is 42.1 Å². The average Bonchev–Trinajstić information content (AvgIpc) is 3.46. The number of anilines is 1. The van der Waals surface area contributed by atoms with Crippen LogP contribution in [0, 0.1) is 6.92 Å². The molecule has 6 N–H and O–H groups in total. The molecule has 2 unspecified atom stereocenters. The number of allylic oxidation sites excluding steroid dienone is 5. The average molecular weight is 1070 g/mol. The van der Waals surface area contributed by atoms with E-state index in [4.69, 9.17) is 9.47 Å². The third-order valence-electron chi connectivity index (χ3n) is 12.5. The van der Waals surface area contributed by atoms with Crippen molar-refractivity contribution in [3.8, 4) is 0 Å². The van der Waals surface area contributed by atoms with E-state index in [1.165, 1.54) is 25.3 Å². The maximum Gasteiger partial charge on any atom is 0.303 e. The zero-order valence-corrected chi connectivity index (χ0v) is 42.6. The summed E-state index contributed by atoms with van der Waals surface area (Å²) in [4.78, 5) is 9.89. The highest BCUT2D eigenvalue weighted by atomic mass is 32.2. The summed E-state index contributed by atoms with van der Waals surface area (Å²) in [5.41, 5.74) is -0.424. The number of aryl methyl sites for hydroxylation is 1. The van der Waals surface area contributed by atoms with Crippen molar-refractivity contribution in [2.75, 3.05) is 44.1 Å². The highest BCUT2D eigenvalue weighted by molar-refractivity contribution is 7.87. The molecule has 2 atom stereocenters. The monoisotopic (exact) mass is 1070 g/mol. The molecule has 4 aromatic carbocycles. The number of benzene rings is 4. The maximum atomic E-state index is 12.8. The zero-order chi connectivity index (χ0) is 52.4. The third-order valence-corrected chi connectivity index (χ3v) is 16.8. The standard InChI is InChI=1S/C45H55NO19S5/c1-29-14-15-33-35(25-31(67(52,53)54)27-38(33)69(58,59)60)42(29)44(3,18-10-24-66(49,50)51)30(2)11-9-12-40-45(4,19-21-65-23-22-64-5)43-36-26-32(68(55,56)57)28-39(70(61,62)63)34(36)16-17-37(43)46(40)20-8-6-7-13-41(47)48/h9,11-12,14-17,25-28H,2,6-8,10,13,18-24H2,1,3-5H3,(H,47,48)(H,49,50,51)(H,52,53,54)(H,55,56,57)(H,58,59,60)(H,61,62,63)/b11-9+,40-12+. The largest absolute Gasteiger partial charge is 0.481 e. The fourth-order valence-corrected chi connectivity index (χ4v) is 12.4. The van der Waals surface area contributed by atoms with Gasteiger partial charge < -0.3 is 19.5 Å². The van der Waals surface area contributed by atoms with Gasteiger partial charge in [-0.15, -0.1) is 0 Å². The van der Waals surface area contributed by atoms with Gasteiger partial charge in [0.1, 0.15) is 9.79 Å². The maximum absolute atomic E-state index is 12.8. The molecule has 25 heteroatoms. The van der Waals surface area contributed by atoms with Crippen LogP contribution < -0.4 is 4.90 Å². The number of unbranched alkanes of at least 4 members (excludes halogenated alkanes) is 2. The molecule has 0 aliphatic carbocycles. The van der Waals surface area contributed by atoms with Gasteiger partial charge in [-0.3, -0.25) is 27.6 Å². The Hall–Kier alpha value is -4.64. The molecule has 1 heterocycles. The van der Waals surface area contributed by atoms with Crippen molar-refractivity contribution in [3.63, 3.8) is 0 Å². The van der Waals surface area contributed by atoms with Crippen LogP contribution in [-0.2, 0) is 75.7 Å². The van der Waals surface area contributed by atoms with Crippen LogP contribution in [0.15, 0.2) is 104 Å². The minimum absolute atomic E-state index is 0.0404. The van der Waals surface area contributed by atoms with Crippen LogP contribution in [0.3, 0.4) is 0 Å². The van der Waals surface area contributed by atoms with E-state index >= 15 is 0 Å². The van der Waals surface area contributed by atoms with Crippen LogP contribution in [0.4, 0.5) is 5.69 Å². The molecule has 5 rings (SSSR count). The van der Waals surface area contributed by atoms with E-state index in [-0.39, 0.29) is 84.7 Å². The van der Waals surface area contributed by atoms with Gasteiger partial charge in [0.25, 0.3) is 50.6 Å². The molecule has 20 nitrogen and oxygen atoms in total. The number of ether oxygens (including phenoxy) is 2. The summed E-state index contributed by atoms with van der Waals surface area (Å²) in [6.45, 7) is 10.0. The number of methoxy groups -OCH3 is 1. The van der Waals surface area contributed by atoms with Crippen LogP contribution >= 0.6 is 0 Å². The predicted octanol–water partition coefficient (Wildman–Crippen LogP) is 6.69. The lowest BCUT2D eigenvalue weighted by Crippen LogP contribution is -2.31. The summed E-state index contributed by atoms with van der Waals surface area (Å²) in [5.74, 6) is -1.72. The topological polar surface area (TPSA) is 331 Å². The molecule has 0 bridgehead atoms. The van der Waals surface area contributed by atoms with Crippen LogP contribution in [0.25, 0.3) is 21.5 Å². The van der Waals surface area contributed by atoms with Crippen LogP contribution in [0.2, 0.25) is 0 Å². The molecule has 0 saturated carbocycles. The first-order valence-electron chi connectivity index (χ1n) is 21.4. The number of carboxylic acid groups (broad SMARTS) is 1. The number of hydrogen-bond donors (Lipinski definition) is 6. The molecule has 0 radical (unpaired) electrons. The van der Waals surface area contributed by atoms with Gasteiger partial charge >= 0.3 is 5.97 Å². The molecule has 4 aromatic rings. The van der Waals surface area contributed by atoms with Gasteiger partial charge in [0.15, 0.2) is 0 Å². The second-order valence-corrected chi connectivity index (χ2v) is 24.5. The van der Waals surface area contributed by atoms with E-state index < -0.39 is 92.7 Å². The number of hydrogen-bond acceptors (Lipinski definition) is 14. The summed E-state index contributed by atoms with van der Waals surface area (Å²) in [6.07, 6.45) is 5.72. The summed E-state index contributed by atoms with van der Waals surface area (Å²) in [6, 6.07) is 9.12. The molecule has 384 valence electrons. The molecular weight excluding hydrogens is 1020 g/mol. The number of aliphatic carboxylic acids is 1. The van der Waals surface area contributed by atoms with E-state index in [9.17, 15) is 74.8 Å². The molecule has 0 saturated heterocycles. The number of carboxylic acids is 1. The van der Waals surface area contributed by atoms with Gasteiger partial charge in [-0.1, -0.05) is 50.3 Å². The van der Waals surface area contributed by atoms with Crippen LogP contribution in [0.5, 0.6) is 0 Å². The number of rotatable bonds is 24. The van der Waals surface area contributed by atoms with Crippen molar-refractivity contribution in [3.05, 3.63) is 101 Å². The summed E-state index contributed by atoms with van der Waals surface area (Å²) in [7, 11) is -23.4. The van der Waals surface area contributed by atoms with Crippen LogP contribution in [-0.4, -0.2) is 115 Å². The molecule has 0 aromatic heterocycles. The first-order chi connectivity index (χ1) is 32.3. The van der Waals surface area contributed by atoms with Gasteiger partial charge in [-0.25, -0.2) is 0 Å². The van der Waals surface area contributed by atoms with Gasteiger partial charge in [0, 0.05) is 59.7 Å². The molecule has 0 fully saturated rings. The van der Waals surface area contributed by atoms with E-state index in [0.717, 1.165) is 12.1 Å². The van der Waals surface area contributed by atoms with Crippen molar-refractivity contribution >= 4 is 83.8 Å². The zero-order valence-electron chi connectivity index (χ0n) is 38.5. The molecule has 1 aliphatic rings. The Labute approximate surface area is 407 Å². The quantitative estimate of drug-likeness (QED) is 0.0242. The Bertz CT molecular complexity index is 3370. The highest BCUT2D eigenvalue weighted by Crippen LogP contribution is 2.54. The Morgan fingerprint density at radius 2 is 1.31 bits per heavy atom. The fraction of sp³-hybridized carbons (Fsp3) is 0.400. The molecular formula is C45H55NO19S5. The number of fused-ring (bicyclic) bond motifs is 4. The van der Waals surface area contributed by atoms with Crippen molar-refractivity contribution < 1.29 is 84.2 Å². The van der Waals surface area contributed by atoms with E-state index in [0.29, 0.717) is 53.9 Å². The van der Waals surface area contributed by atoms with Crippen molar-refractivity contribution in [2.45, 2.75) is 96.1 Å². The molecule has 1 aliphatic heterocycles. The third kappa shape index (κ3) is 12.7. The lowest BCUT2D eigenvalue weighted by molar-refractivity contribution is -0.137. The Morgan fingerprint density at radius 1 is 0.743 bits per heavy atom. The van der Waals surface area contributed by atoms with Crippen molar-refractivity contribution in [2.24, 2.45) is 0 Å². The Balaban J connectivity index is 1.80. The van der Waals surface area contributed by atoms with Gasteiger partial charge in [-0.05, 0) is 115 Å². The normalized spacial score (nSPS) is 17.4. The highest BCUT2D eigenvalue weighted by Gasteiger charge is 2.45. The fourth-order valence-electron chi connectivity index (χ4n) is 9.17. The minimum atomic E-state index is -5.13. The second-order valence-electron chi connectivity index (χ2n) is 17.4. The van der Waals surface area contributed by atoms with E-state index in [1.807, 2.05) is 4.90 Å². The first-order valence-corrected chi connectivity index (χ1v) is 28.8. The smallest absolute Gasteiger partial charge is 0.303 e. The van der Waals surface area contributed by atoms with E-state index in [2.05, 4.69) is 6.58 Å².